The highest BCUT2D eigenvalue weighted by molar-refractivity contribution is 7.89. The molecule has 0 radical (unpaired) electrons. The van der Waals surface area contributed by atoms with Crippen LogP contribution in [0.1, 0.15) is 12.5 Å². The van der Waals surface area contributed by atoms with Crippen molar-refractivity contribution in [2.45, 2.75) is 18.4 Å². The molecule has 3 N–H and O–H groups in total. The van der Waals surface area contributed by atoms with E-state index in [4.69, 9.17) is 5.73 Å². The summed E-state index contributed by atoms with van der Waals surface area (Å²) in [6.07, 6.45) is 0. The first-order valence-electron chi connectivity index (χ1n) is 4.49. The van der Waals surface area contributed by atoms with E-state index in [1.165, 1.54) is 12.1 Å². The molecule has 0 bridgehead atoms. The Hall–Kier alpha value is -0.980. The van der Waals surface area contributed by atoms with Crippen molar-refractivity contribution in [3.8, 4) is 0 Å². The van der Waals surface area contributed by atoms with E-state index in [0.29, 0.717) is 5.56 Å². The average Bonchev–Trinajstić information content (AvgIpc) is 2.18. The third-order valence-electron chi connectivity index (χ3n) is 1.86. The number of nitrogens with two attached hydrogens (primary N) is 1. The summed E-state index contributed by atoms with van der Waals surface area (Å²) in [5.74, 6) is -0.770. The van der Waals surface area contributed by atoms with Crippen LogP contribution in [0.2, 0.25) is 0 Å². The molecule has 0 saturated carbocycles. The summed E-state index contributed by atoms with van der Waals surface area (Å²) in [5.41, 5.74) is 5.93. The fourth-order valence-electron chi connectivity index (χ4n) is 1.15. The lowest BCUT2D eigenvalue weighted by Gasteiger charge is -2.07. The monoisotopic (exact) mass is 232 g/mol. The fourth-order valence-corrected chi connectivity index (χ4v) is 2.32. The summed E-state index contributed by atoms with van der Waals surface area (Å²) >= 11 is 0. The van der Waals surface area contributed by atoms with Crippen LogP contribution in [-0.2, 0) is 16.6 Å². The fraction of sp³-hybridized carbons (Fsp3) is 0.333. The van der Waals surface area contributed by atoms with Crippen LogP contribution in [0.5, 0.6) is 0 Å². The molecule has 0 fully saturated rings. The molecule has 0 unspecified atom stereocenters. The number of nitrogens with one attached hydrogen (secondary N) is 1. The van der Waals surface area contributed by atoms with Crippen molar-refractivity contribution in [3.63, 3.8) is 0 Å². The molecule has 84 valence electrons. The Labute approximate surface area is 88.3 Å². The number of halogens is 1. The third kappa shape index (κ3) is 2.74. The van der Waals surface area contributed by atoms with Crippen molar-refractivity contribution < 1.29 is 12.8 Å². The number of sulfonamides is 1. The first-order chi connectivity index (χ1) is 7.01. The van der Waals surface area contributed by atoms with Crippen LogP contribution in [0.4, 0.5) is 4.39 Å². The van der Waals surface area contributed by atoms with Crippen molar-refractivity contribution in [3.05, 3.63) is 29.6 Å². The normalized spacial score (nSPS) is 11.7. The second-order valence-electron chi connectivity index (χ2n) is 2.97. The minimum Gasteiger partial charge on any atom is -0.326 e. The lowest BCUT2D eigenvalue weighted by atomic mass is 10.2. The highest BCUT2D eigenvalue weighted by Crippen LogP contribution is 2.15. The SMILES string of the molecule is CCNS(=O)(=O)c1cc(CN)ccc1F. The molecule has 0 aliphatic rings. The molecule has 0 aliphatic heterocycles. The minimum absolute atomic E-state index is 0.176. The van der Waals surface area contributed by atoms with Gasteiger partial charge in [-0.15, -0.1) is 0 Å². The molecule has 4 nitrogen and oxygen atoms in total. The van der Waals surface area contributed by atoms with Crippen LogP contribution in [0, 0.1) is 5.82 Å². The largest absolute Gasteiger partial charge is 0.326 e. The number of benzene rings is 1. The maximum atomic E-state index is 13.3. The maximum absolute atomic E-state index is 13.3. The standard InChI is InChI=1S/C9H13FN2O2S/c1-2-12-15(13,14)9-5-7(6-11)3-4-8(9)10/h3-5,12H,2,6,11H2,1H3. The molecule has 0 amide bonds. The van der Waals surface area contributed by atoms with E-state index in [9.17, 15) is 12.8 Å². The predicted octanol–water partition coefficient (Wildman–Crippen LogP) is 0.583. The third-order valence-corrected chi connectivity index (χ3v) is 3.42. The van der Waals surface area contributed by atoms with E-state index >= 15 is 0 Å². The van der Waals surface area contributed by atoms with E-state index in [2.05, 4.69) is 4.72 Å². The van der Waals surface area contributed by atoms with E-state index in [-0.39, 0.29) is 18.0 Å². The van der Waals surface area contributed by atoms with Gasteiger partial charge in [0, 0.05) is 13.1 Å². The maximum Gasteiger partial charge on any atom is 0.243 e. The summed E-state index contributed by atoms with van der Waals surface area (Å²) in [5, 5.41) is 0. The van der Waals surface area contributed by atoms with Gasteiger partial charge in [0.1, 0.15) is 10.7 Å². The van der Waals surface area contributed by atoms with E-state index < -0.39 is 15.8 Å². The van der Waals surface area contributed by atoms with E-state index in [1.54, 1.807) is 6.92 Å². The Bertz CT molecular complexity index is 445. The first-order valence-corrected chi connectivity index (χ1v) is 5.97. The Morgan fingerprint density at radius 1 is 1.47 bits per heavy atom. The van der Waals surface area contributed by atoms with Crippen molar-refractivity contribution >= 4 is 10.0 Å². The van der Waals surface area contributed by atoms with Crippen LogP contribution in [0.25, 0.3) is 0 Å². The van der Waals surface area contributed by atoms with Gasteiger partial charge in [-0.1, -0.05) is 13.0 Å². The Kier molecular flexibility index (Phi) is 3.78. The Balaban J connectivity index is 3.24. The molecule has 0 heterocycles. The Morgan fingerprint density at radius 3 is 2.67 bits per heavy atom. The lowest BCUT2D eigenvalue weighted by Crippen LogP contribution is -2.24. The van der Waals surface area contributed by atoms with Gasteiger partial charge in [0.25, 0.3) is 0 Å². The molecule has 1 rings (SSSR count). The van der Waals surface area contributed by atoms with Crippen LogP contribution in [0.15, 0.2) is 23.1 Å². The van der Waals surface area contributed by atoms with Crippen molar-refractivity contribution in [1.29, 1.82) is 0 Å². The smallest absolute Gasteiger partial charge is 0.243 e. The second-order valence-corrected chi connectivity index (χ2v) is 4.71. The van der Waals surface area contributed by atoms with Crippen LogP contribution < -0.4 is 10.5 Å². The number of hydrogen-bond acceptors (Lipinski definition) is 3. The predicted molar refractivity (Wildman–Crippen MR) is 55.2 cm³/mol. The molecule has 0 aromatic heterocycles. The summed E-state index contributed by atoms with van der Waals surface area (Å²) in [6, 6.07) is 3.81. The zero-order chi connectivity index (χ0) is 11.5. The van der Waals surface area contributed by atoms with Gasteiger partial charge < -0.3 is 5.73 Å². The Morgan fingerprint density at radius 2 is 2.13 bits per heavy atom. The zero-order valence-electron chi connectivity index (χ0n) is 8.33. The van der Waals surface area contributed by atoms with E-state index in [1.807, 2.05) is 0 Å². The summed E-state index contributed by atoms with van der Waals surface area (Å²) < 4.78 is 38.5. The molecule has 0 aliphatic carbocycles. The van der Waals surface area contributed by atoms with Gasteiger partial charge in [0.05, 0.1) is 0 Å². The van der Waals surface area contributed by atoms with Gasteiger partial charge in [0.15, 0.2) is 0 Å². The highest BCUT2D eigenvalue weighted by Gasteiger charge is 2.17. The average molecular weight is 232 g/mol. The molecule has 15 heavy (non-hydrogen) atoms. The number of rotatable bonds is 4. The van der Waals surface area contributed by atoms with Crippen molar-refractivity contribution in [2.75, 3.05) is 6.54 Å². The minimum atomic E-state index is -3.75. The molecule has 0 spiro atoms. The van der Waals surface area contributed by atoms with Crippen molar-refractivity contribution in [2.24, 2.45) is 5.73 Å². The van der Waals surface area contributed by atoms with Gasteiger partial charge in [-0.25, -0.2) is 17.5 Å². The first kappa shape index (κ1) is 12.1. The van der Waals surface area contributed by atoms with E-state index in [0.717, 1.165) is 6.07 Å². The molecule has 0 atom stereocenters. The van der Waals surface area contributed by atoms with Crippen LogP contribution in [0.3, 0.4) is 0 Å². The quantitative estimate of drug-likeness (QED) is 0.797. The van der Waals surface area contributed by atoms with Gasteiger partial charge in [-0.3, -0.25) is 0 Å². The molecule has 1 aromatic carbocycles. The van der Waals surface area contributed by atoms with Gasteiger partial charge in [0.2, 0.25) is 10.0 Å². The summed E-state index contributed by atoms with van der Waals surface area (Å²) in [6.45, 7) is 2.02. The van der Waals surface area contributed by atoms with Gasteiger partial charge >= 0.3 is 0 Å². The highest BCUT2D eigenvalue weighted by atomic mass is 32.2. The molecule has 6 heteroatoms. The molecule has 1 aromatic rings. The topological polar surface area (TPSA) is 72.2 Å². The second kappa shape index (κ2) is 4.69. The molecular weight excluding hydrogens is 219 g/mol. The molecular formula is C9H13FN2O2S. The van der Waals surface area contributed by atoms with Gasteiger partial charge in [-0.05, 0) is 17.7 Å². The number of hydrogen-bond donors (Lipinski definition) is 2. The zero-order valence-corrected chi connectivity index (χ0v) is 9.14. The van der Waals surface area contributed by atoms with Crippen LogP contribution in [-0.4, -0.2) is 15.0 Å². The van der Waals surface area contributed by atoms with Crippen LogP contribution >= 0.6 is 0 Å². The van der Waals surface area contributed by atoms with Crippen molar-refractivity contribution in [1.82, 2.24) is 4.72 Å². The van der Waals surface area contributed by atoms with Gasteiger partial charge in [-0.2, -0.15) is 0 Å². The lowest BCUT2D eigenvalue weighted by molar-refractivity contribution is 0.558. The summed E-state index contributed by atoms with van der Waals surface area (Å²) in [4.78, 5) is -0.354. The molecule has 0 saturated heterocycles. The summed E-state index contributed by atoms with van der Waals surface area (Å²) in [7, 11) is -3.75.